The summed E-state index contributed by atoms with van der Waals surface area (Å²) in [5.74, 6) is 0.495. The summed E-state index contributed by atoms with van der Waals surface area (Å²) < 4.78 is 0. The van der Waals surface area contributed by atoms with Crippen LogP contribution in [0.2, 0.25) is 0 Å². The predicted octanol–water partition coefficient (Wildman–Crippen LogP) is 0.811. The quantitative estimate of drug-likeness (QED) is 0.787. The Bertz CT molecular complexity index is 679. The molecule has 6 heteroatoms. The van der Waals surface area contributed by atoms with Gasteiger partial charge in [-0.25, -0.2) is 0 Å². The van der Waals surface area contributed by atoms with Crippen molar-refractivity contribution < 1.29 is 9.59 Å². The number of benzene rings is 1. The smallest absolute Gasteiger partial charge is 0.237 e. The van der Waals surface area contributed by atoms with Gasteiger partial charge in [-0.2, -0.15) is 0 Å². The van der Waals surface area contributed by atoms with Crippen molar-refractivity contribution in [2.75, 3.05) is 58.9 Å². The van der Waals surface area contributed by atoms with Crippen LogP contribution in [0, 0.1) is 0 Å². The molecule has 2 saturated heterocycles. The molecule has 1 aromatic carbocycles. The molecule has 4 rings (SSSR count). The van der Waals surface area contributed by atoms with Gasteiger partial charge in [0, 0.05) is 52.4 Å². The van der Waals surface area contributed by atoms with Crippen LogP contribution in [-0.4, -0.2) is 90.3 Å². The third kappa shape index (κ3) is 4.50. The summed E-state index contributed by atoms with van der Waals surface area (Å²) in [6.45, 7) is 7.90. The SMILES string of the molecule is O=C(CN1CCN(CC(=O)N2CCc3ccccc3C2)CC1)N1CCCC1. The first kappa shape index (κ1) is 18.4. The molecular formula is C21H30N4O2. The molecule has 0 aromatic heterocycles. The van der Waals surface area contributed by atoms with Crippen molar-refractivity contribution in [1.29, 1.82) is 0 Å². The fourth-order valence-corrected chi connectivity index (χ4v) is 4.36. The highest BCUT2D eigenvalue weighted by atomic mass is 16.2. The summed E-state index contributed by atoms with van der Waals surface area (Å²) in [4.78, 5) is 33.5. The lowest BCUT2D eigenvalue weighted by molar-refractivity contribution is -0.135. The van der Waals surface area contributed by atoms with Crippen molar-refractivity contribution in [2.45, 2.75) is 25.8 Å². The van der Waals surface area contributed by atoms with E-state index in [1.165, 1.54) is 11.1 Å². The van der Waals surface area contributed by atoms with E-state index in [1.54, 1.807) is 0 Å². The number of carbonyl (C=O) groups is 2. The first-order chi connectivity index (χ1) is 13.2. The molecule has 0 atom stereocenters. The number of piperazine rings is 1. The molecule has 0 saturated carbocycles. The molecule has 0 aliphatic carbocycles. The molecule has 3 aliphatic heterocycles. The second-order valence-electron chi connectivity index (χ2n) is 7.97. The van der Waals surface area contributed by atoms with E-state index in [0.29, 0.717) is 13.1 Å². The maximum atomic E-state index is 12.7. The molecule has 2 fully saturated rings. The molecule has 27 heavy (non-hydrogen) atoms. The number of nitrogens with zero attached hydrogens (tertiary/aromatic N) is 4. The Hall–Kier alpha value is -1.92. The maximum absolute atomic E-state index is 12.7. The van der Waals surface area contributed by atoms with Crippen LogP contribution >= 0.6 is 0 Å². The highest BCUT2D eigenvalue weighted by Gasteiger charge is 2.26. The highest BCUT2D eigenvalue weighted by Crippen LogP contribution is 2.18. The van der Waals surface area contributed by atoms with E-state index < -0.39 is 0 Å². The van der Waals surface area contributed by atoms with Gasteiger partial charge in [0.15, 0.2) is 0 Å². The van der Waals surface area contributed by atoms with Crippen LogP contribution in [0.4, 0.5) is 0 Å². The number of fused-ring (bicyclic) bond motifs is 1. The van der Waals surface area contributed by atoms with Crippen LogP contribution in [0.15, 0.2) is 24.3 Å². The Labute approximate surface area is 161 Å². The first-order valence-electron chi connectivity index (χ1n) is 10.3. The molecule has 0 unspecified atom stereocenters. The second kappa shape index (κ2) is 8.40. The van der Waals surface area contributed by atoms with E-state index in [2.05, 4.69) is 34.1 Å². The number of rotatable bonds is 4. The summed E-state index contributed by atoms with van der Waals surface area (Å²) >= 11 is 0. The Kier molecular flexibility index (Phi) is 5.74. The average molecular weight is 370 g/mol. The van der Waals surface area contributed by atoms with Gasteiger partial charge in [0.1, 0.15) is 0 Å². The molecule has 1 aromatic rings. The number of hydrogen-bond acceptors (Lipinski definition) is 4. The fraction of sp³-hybridized carbons (Fsp3) is 0.619. The maximum Gasteiger partial charge on any atom is 0.237 e. The van der Waals surface area contributed by atoms with Crippen LogP contribution in [0.1, 0.15) is 24.0 Å². The first-order valence-corrected chi connectivity index (χ1v) is 10.3. The third-order valence-corrected chi connectivity index (χ3v) is 6.12. The molecule has 0 bridgehead atoms. The number of amides is 2. The topological polar surface area (TPSA) is 47.1 Å². The lowest BCUT2D eigenvalue weighted by atomic mass is 10.00. The van der Waals surface area contributed by atoms with Crippen molar-refractivity contribution in [3.8, 4) is 0 Å². The lowest BCUT2D eigenvalue weighted by Gasteiger charge is -2.36. The number of likely N-dealkylation sites (tertiary alicyclic amines) is 1. The van der Waals surface area contributed by atoms with Gasteiger partial charge in [0.25, 0.3) is 0 Å². The molecular weight excluding hydrogens is 340 g/mol. The van der Waals surface area contributed by atoms with Gasteiger partial charge in [0.2, 0.25) is 11.8 Å². The van der Waals surface area contributed by atoms with Crippen LogP contribution in [0.25, 0.3) is 0 Å². The second-order valence-corrected chi connectivity index (χ2v) is 7.97. The molecule has 0 N–H and O–H groups in total. The summed E-state index contributed by atoms with van der Waals surface area (Å²) in [6, 6.07) is 8.42. The van der Waals surface area contributed by atoms with Gasteiger partial charge in [-0.3, -0.25) is 19.4 Å². The van der Waals surface area contributed by atoms with Crippen molar-refractivity contribution in [2.24, 2.45) is 0 Å². The lowest BCUT2D eigenvalue weighted by Crippen LogP contribution is -2.52. The van der Waals surface area contributed by atoms with E-state index >= 15 is 0 Å². The van der Waals surface area contributed by atoms with Crippen LogP contribution in [0.3, 0.4) is 0 Å². The van der Waals surface area contributed by atoms with Gasteiger partial charge in [0.05, 0.1) is 13.1 Å². The van der Waals surface area contributed by atoms with E-state index in [-0.39, 0.29) is 11.8 Å². The average Bonchev–Trinajstić information content (AvgIpc) is 3.24. The minimum absolute atomic E-state index is 0.228. The third-order valence-electron chi connectivity index (χ3n) is 6.12. The van der Waals surface area contributed by atoms with Crippen molar-refractivity contribution in [1.82, 2.24) is 19.6 Å². The summed E-state index contributed by atoms with van der Waals surface area (Å²) in [6.07, 6.45) is 3.24. The predicted molar refractivity (Wildman–Crippen MR) is 104 cm³/mol. The van der Waals surface area contributed by atoms with Crippen LogP contribution in [0.5, 0.6) is 0 Å². The summed E-state index contributed by atoms with van der Waals surface area (Å²) in [5.41, 5.74) is 2.65. The molecule has 2 amide bonds. The van der Waals surface area contributed by atoms with E-state index in [1.807, 2.05) is 9.80 Å². The van der Waals surface area contributed by atoms with Gasteiger partial charge in [-0.1, -0.05) is 24.3 Å². The Morgan fingerprint density at radius 2 is 1.26 bits per heavy atom. The zero-order valence-corrected chi connectivity index (χ0v) is 16.1. The van der Waals surface area contributed by atoms with Gasteiger partial charge in [-0.15, -0.1) is 0 Å². The monoisotopic (exact) mass is 370 g/mol. The molecule has 3 aliphatic rings. The minimum atomic E-state index is 0.228. The number of carbonyl (C=O) groups excluding carboxylic acids is 2. The van der Waals surface area contributed by atoms with Gasteiger partial charge in [-0.05, 0) is 30.4 Å². The van der Waals surface area contributed by atoms with E-state index in [0.717, 1.165) is 71.6 Å². The van der Waals surface area contributed by atoms with Crippen molar-refractivity contribution in [3.63, 3.8) is 0 Å². The number of hydrogen-bond donors (Lipinski definition) is 0. The molecule has 146 valence electrons. The molecule has 0 spiro atoms. The Balaban J connectivity index is 1.21. The van der Waals surface area contributed by atoms with E-state index in [9.17, 15) is 9.59 Å². The molecule has 0 radical (unpaired) electrons. The van der Waals surface area contributed by atoms with Gasteiger partial charge >= 0.3 is 0 Å². The standard InChI is InChI=1S/C21H30N4O2/c26-20(24-8-3-4-9-24)16-22-11-13-23(14-12-22)17-21(27)25-10-7-18-5-1-2-6-19(18)15-25/h1-2,5-6H,3-4,7-17H2. The summed E-state index contributed by atoms with van der Waals surface area (Å²) in [7, 11) is 0. The highest BCUT2D eigenvalue weighted by molar-refractivity contribution is 5.79. The Morgan fingerprint density at radius 1 is 0.704 bits per heavy atom. The largest absolute Gasteiger partial charge is 0.342 e. The Morgan fingerprint density at radius 3 is 1.89 bits per heavy atom. The van der Waals surface area contributed by atoms with Gasteiger partial charge < -0.3 is 9.80 Å². The van der Waals surface area contributed by atoms with Crippen LogP contribution in [-0.2, 0) is 22.6 Å². The zero-order valence-electron chi connectivity index (χ0n) is 16.1. The van der Waals surface area contributed by atoms with E-state index in [4.69, 9.17) is 0 Å². The minimum Gasteiger partial charge on any atom is -0.342 e. The normalized spacial score (nSPS) is 21.3. The fourth-order valence-electron chi connectivity index (χ4n) is 4.36. The molecule has 6 nitrogen and oxygen atoms in total. The van der Waals surface area contributed by atoms with Crippen molar-refractivity contribution in [3.05, 3.63) is 35.4 Å². The summed E-state index contributed by atoms with van der Waals surface area (Å²) in [5, 5.41) is 0. The molecule has 3 heterocycles. The zero-order chi connectivity index (χ0) is 18.6. The van der Waals surface area contributed by atoms with Crippen molar-refractivity contribution >= 4 is 11.8 Å². The van der Waals surface area contributed by atoms with Crippen LogP contribution < -0.4 is 0 Å².